The van der Waals surface area contributed by atoms with Gasteiger partial charge in [-0.2, -0.15) is 0 Å². The summed E-state index contributed by atoms with van der Waals surface area (Å²) in [7, 11) is 3.27. The first-order valence-electron chi connectivity index (χ1n) is 7.25. The summed E-state index contributed by atoms with van der Waals surface area (Å²) >= 11 is 0. The quantitative estimate of drug-likeness (QED) is 0.758. The molecule has 1 rings (SSSR count). The van der Waals surface area contributed by atoms with Crippen LogP contribution in [0, 0.1) is 6.92 Å². The lowest BCUT2D eigenvalue weighted by Crippen LogP contribution is -2.36. The van der Waals surface area contributed by atoms with Crippen LogP contribution in [0.1, 0.15) is 22.8 Å². The molecule has 0 saturated heterocycles. The fraction of sp³-hybridized carbons (Fsp3) is 0.562. The number of nitrogens with one attached hydrogen (secondary N) is 1. The summed E-state index contributed by atoms with van der Waals surface area (Å²) < 4.78 is 10.1. The van der Waals surface area contributed by atoms with E-state index in [1.807, 2.05) is 32.0 Å². The van der Waals surface area contributed by atoms with Crippen molar-refractivity contribution in [1.29, 1.82) is 0 Å². The third-order valence-corrected chi connectivity index (χ3v) is 3.26. The van der Waals surface area contributed by atoms with E-state index >= 15 is 0 Å². The summed E-state index contributed by atoms with van der Waals surface area (Å²) in [5.41, 5.74) is 2.73. The largest absolute Gasteiger partial charge is 0.385 e. The molecular formula is C16H26N2O3. The van der Waals surface area contributed by atoms with Gasteiger partial charge in [0.25, 0.3) is 5.91 Å². The minimum atomic E-state index is 0.0182. The lowest BCUT2D eigenvalue weighted by atomic mass is 10.1. The van der Waals surface area contributed by atoms with Crippen molar-refractivity contribution in [2.24, 2.45) is 0 Å². The molecule has 0 fully saturated rings. The minimum Gasteiger partial charge on any atom is -0.385 e. The molecule has 1 aromatic rings. The predicted octanol–water partition coefficient (Wildman–Crippen LogP) is 2.16. The van der Waals surface area contributed by atoms with Gasteiger partial charge in [0.15, 0.2) is 0 Å². The number of rotatable bonds is 9. The van der Waals surface area contributed by atoms with Gasteiger partial charge in [0.05, 0.1) is 13.2 Å². The van der Waals surface area contributed by atoms with E-state index in [4.69, 9.17) is 9.47 Å². The Hall–Kier alpha value is -1.59. The molecule has 0 aliphatic heterocycles. The number of carbonyl (C=O) groups excluding carboxylic acids is 1. The van der Waals surface area contributed by atoms with E-state index in [2.05, 4.69) is 5.32 Å². The van der Waals surface area contributed by atoms with Crippen LogP contribution in [0.3, 0.4) is 0 Å². The molecule has 0 saturated carbocycles. The highest BCUT2D eigenvalue weighted by Crippen LogP contribution is 2.17. The number of carbonyl (C=O) groups is 1. The minimum absolute atomic E-state index is 0.0182. The summed E-state index contributed by atoms with van der Waals surface area (Å²) in [4.78, 5) is 14.4. The maximum atomic E-state index is 12.6. The van der Waals surface area contributed by atoms with Gasteiger partial charge < -0.3 is 19.7 Å². The van der Waals surface area contributed by atoms with E-state index < -0.39 is 0 Å². The molecule has 5 nitrogen and oxygen atoms in total. The molecule has 0 radical (unpaired) electrons. The number of amides is 1. The lowest BCUT2D eigenvalue weighted by molar-refractivity contribution is 0.0626. The van der Waals surface area contributed by atoms with Gasteiger partial charge in [-0.25, -0.2) is 0 Å². The number of methoxy groups -OCH3 is 2. The Morgan fingerprint density at radius 3 is 2.29 bits per heavy atom. The molecule has 0 atom stereocenters. The molecule has 0 unspecified atom stereocenters. The van der Waals surface area contributed by atoms with E-state index in [-0.39, 0.29) is 5.91 Å². The predicted molar refractivity (Wildman–Crippen MR) is 85.0 cm³/mol. The first-order valence-corrected chi connectivity index (χ1v) is 7.25. The van der Waals surface area contributed by atoms with E-state index in [1.54, 1.807) is 19.1 Å². The molecule has 0 heterocycles. The SMILES string of the molecule is CCNc1ccc(C(=O)N(CCOC)CCOC)c(C)c1. The number of nitrogens with zero attached hydrogens (tertiary/aromatic N) is 1. The Balaban J connectivity index is 2.86. The number of ether oxygens (including phenoxy) is 2. The topological polar surface area (TPSA) is 50.8 Å². The fourth-order valence-corrected chi connectivity index (χ4v) is 2.11. The zero-order valence-electron chi connectivity index (χ0n) is 13.4. The highest BCUT2D eigenvalue weighted by molar-refractivity contribution is 5.96. The zero-order valence-corrected chi connectivity index (χ0v) is 13.4. The van der Waals surface area contributed by atoms with Gasteiger partial charge in [-0.05, 0) is 37.6 Å². The Kier molecular flexibility index (Phi) is 7.79. The van der Waals surface area contributed by atoms with Crippen molar-refractivity contribution in [3.8, 4) is 0 Å². The number of hydrogen-bond donors (Lipinski definition) is 1. The lowest BCUT2D eigenvalue weighted by Gasteiger charge is -2.23. The van der Waals surface area contributed by atoms with Crippen molar-refractivity contribution in [1.82, 2.24) is 4.90 Å². The number of aryl methyl sites for hydroxylation is 1. The van der Waals surface area contributed by atoms with Crippen LogP contribution >= 0.6 is 0 Å². The van der Waals surface area contributed by atoms with Crippen LogP contribution in [0.25, 0.3) is 0 Å². The van der Waals surface area contributed by atoms with E-state index in [9.17, 15) is 4.79 Å². The van der Waals surface area contributed by atoms with Crippen molar-refractivity contribution in [2.75, 3.05) is 52.4 Å². The van der Waals surface area contributed by atoms with Gasteiger partial charge in [0.1, 0.15) is 0 Å². The monoisotopic (exact) mass is 294 g/mol. The standard InChI is InChI=1S/C16H26N2O3/c1-5-17-14-6-7-15(13(2)12-14)16(19)18(8-10-20-3)9-11-21-4/h6-7,12,17H,5,8-11H2,1-4H3. The van der Waals surface area contributed by atoms with Crippen LogP contribution < -0.4 is 5.32 Å². The first-order chi connectivity index (χ1) is 10.1. The second kappa shape index (κ2) is 9.37. The summed E-state index contributed by atoms with van der Waals surface area (Å²) in [6, 6.07) is 5.82. The smallest absolute Gasteiger partial charge is 0.254 e. The Labute approximate surface area is 127 Å². The van der Waals surface area contributed by atoms with Crippen LogP contribution in [0.4, 0.5) is 5.69 Å². The van der Waals surface area contributed by atoms with Gasteiger partial charge >= 0.3 is 0 Å². The van der Waals surface area contributed by atoms with E-state index in [0.29, 0.717) is 26.3 Å². The van der Waals surface area contributed by atoms with Crippen molar-refractivity contribution in [3.63, 3.8) is 0 Å². The average Bonchev–Trinajstić information content (AvgIpc) is 2.47. The zero-order chi connectivity index (χ0) is 15.7. The van der Waals surface area contributed by atoms with Crippen LogP contribution in [-0.2, 0) is 9.47 Å². The van der Waals surface area contributed by atoms with Crippen molar-refractivity contribution in [2.45, 2.75) is 13.8 Å². The molecule has 0 bridgehead atoms. The van der Waals surface area contributed by atoms with Gasteiger partial charge in [0, 0.05) is 45.1 Å². The number of anilines is 1. The third kappa shape index (κ3) is 5.36. The van der Waals surface area contributed by atoms with E-state index in [0.717, 1.165) is 23.4 Å². The normalized spacial score (nSPS) is 10.5. The van der Waals surface area contributed by atoms with Crippen LogP contribution in [0.2, 0.25) is 0 Å². The summed E-state index contributed by atoms with van der Waals surface area (Å²) in [6.07, 6.45) is 0. The Morgan fingerprint density at radius 2 is 1.81 bits per heavy atom. The van der Waals surface area contributed by atoms with Gasteiger partial charge in [-0.3, -0.25) is 4.79 Å². The number of benzene rings is 1. The number of hydrogen-bond acceptors (Lipinski definition) is 4. The second-order valence-electron chi connectivity index (χ2n) is 4.84. The van der Waals surface area contributed by atoms with Gasteiger partial charge in [-0.15, -0.1) is 0 Å². The second-order valence-corrected chi connectivity index (χ2v) is 4.84. The Bertz CT molecular complexity index is 441. The van der Waals surface area contributed by atoms with Gasteiger partial charge in [0.2, 0.25) is 0 Å². The molecule has 21 heavy (non-hydrogen) atoms. The molecule has 0 spiro atoms. The molecular weight excluding hydrogens is 268 g/mol. The fourth-order valence-electron chi connectivity index (χ4n) is 2.11. The highest BCUT2D eigenvalue weighted by atomic mass is 16.5. The molecule has 5 heteroatoms. The van der Waals surface area contributed by atoms with E-state index in [1.165, 1.54) is 0 Å². The molecule has 0 aromatic heterocycles. The molecule has 1 aromatic carbocycles. The molecule has 118 valence electrons. The van der Waals surface area contributed by atoms with Crippen LogP contribution in [-0.4, -0.2) is 57.9 Å². The first kappa shape index (κ1) is 17.5. The molecule has 0 aliphatic carbocycles. The molecule has 1 amide bonds. The van der Waals surface area contributed by atoms with Gasteiger partial charge in [-0.1, -0.05) is 0 Å². The average molecular weight is 294 g/mol. The van der Waals surface area contributed by atoms with Crippen molar-refractivity contribution in [3.05, 3.63) is 29.3 Å². The summed E-state index contributed by atoms with van der Waals surface area (Å²) in [5.74, 6) is 0.0182. The Morgan fingerprint density at radius 1 is 1.19 bits per heavy atom. The van der Waals surface area contributed by atoms with Crippen molar-refractivity contribution >= 4 is 11.6 Å². The van der Waals surface area contributed by atoms with Crippen molar-refractivity contribution < 1.29 is 14.3 Å². The molecule has 0 aliphatic rings. The maximum Gasteiger partial charge on any atom is 0.254 e. The third-order valence-electron chi connectivity index (χ3n) is 3.26. The maximum absolute atomic E-state index is 12.6. The summed E-state index contributed by atoms with van der Waals surface area (Å²) in [5, 5.41) is 3.25. The molecule has 1 N–H and O–H groups in total. The van der Waals surface area contributed by atoms with Crippen LogP contribution in [0.15, 0.2) is 18.2 Å². The summed E-state index contributed by atoms with van der Waals surface area (Å²) in [6.45, 7) is 7.03. The van der Waals surface area contributed by atoms with Crippen LogP contribution in [0.5, 0.6) is 0 Å². The highest BCUT2D eigenvalue weighted by Gasteiger charge is 2.17.